The van der Waals surface area contributed by atoms with Crippen molar-refractivity contribution < 1.29 is 4.79 Å². The van der Waals surface area contributed by atoms with Crippen LogP contribution in [0, 0.1) is 0 Å². The summed E-state index contributed by atoms with van der Waals surface area (Å²) >= 11 is 1.81. The van der Waals surface area contributed by atoms with Gasteiger partial charge in [-0.1, -0.05) is 18.2 Å². The number of benzene rings is 1. The van der Waals surface area contributed by atoms with Gasteiger partial charge in [-0.2, -0.15) is 11.8 Å². The minimum absolute atomic E-state index is 0. The van der Waals surface area contributed by atoms with E-state index in [1.807, 2.05) is 30.0 Å². The number of guanidine groups is 1. The third-order valence-corrected chi connectivity index (χ3v) is 5.37. The van der Waals surface area contributed by atoms with Gasteiger partial charge in [0.1, 0.15) is 0 Å². The van der Waals surface area contributed by atoms with Crippen molar-refractivity contribution in [2.45, 2.75) is 37.9 Å². The first-order valence-electron chi connectivity index (χ1n) is 8.41. The standard InChI is InChI=1S/C18H28N4OS.HI/c1-5-19-17(21-12-18(2,3)24-4)20-11-13-10-16(23)22-15-9-7-6-8-14(13)15;/h6-9,13H,5,10-12H2,1-4H3,(H,22,23)(H2,19,20,21);1H. The molecule has 0 aliphatic carbocycles. The maximum atomic E-state index is 11.9. The lowest BCUT2D eigenvalue weighted by Gasteiger charge is -2.26. The number of carbonyl (C=O) groups is 1. The van der Waals surface area contributed by atoms with E-state index >= 15 is 0 Å². The van der Waals surface area contributed by atoms with Gasteiger partial charge in [-0.05, 0) is 38.7 Å². The van der Waals surface area contributed by atoms with Crippen LogP contribution in [-0.4, -0.2) is 42.5 Å². The molecule has 3 N–H and O–H groups in total. The van der Waals surface area contributed by atoms with E-state index in [1.165, 1.54) is 5.56 Å². The van der Waals surface area contributed by atoms with Gasteiger partial charge in [-0.15, -0.1) is 24.0 Å². The molecule has 1 unspecified atom stereocenters. The molecule has 25 heavy (non-hydrogen) atoms. The smallest absolute Gasteiger partial charge is 0.225 e. The van der Waals surface area contributed by atoms with E-state index in [9.17, 15) is 4.79 Å². The predicted molar refractivity (Wildman–Crippen MR) is 119 cm³/mol. The summed E-state index contributed by atoms with van der Waals surface area (Å²) in [5.74, 6) is 1.04. The second-order valence-electron chi connectivity index (χ2n) is 6.58. The summed E-state index contributed by atoms with van der Waals surface area (Å²) in [6.07, 6.45) is 2.60. The Hall–Kier alpha value is -0.960. The number of rotatable bonds is 6. The van der Waals surface area contributed by atoms with E-state index < -0.39 is 0 Å². The zero-order valence-electron chi connectivity index (χ0n) is 15.4. The molecular formula is C18H29IN4OS. The maximum Gasteiger partial charge on any atom is 0.225 e. The number of hydrogen-bond acceptors (Lipinski definition) is 3. The molecule has 0 radical (unpaired) electrons. The van der Waals surface area contributed by atoms with Crippen LogP contribution in [0.15, 0.2) is 29.3 Å². The first kappa shape index (κ1) is 22.1. The average molecular weight is 476 g/mol. The lowest BCUT2D eigenvalue weighted by Crippen LogP contribution is -2.41. The molecule has 0 fully saturated rings. The maximum absolute atomic E-state index is 11.9. The molecule has 1 amide bonds. The second-order valence-corrected chi connectivity index (χ2v) is 8.09. The fourth-order valence-electron chi connectivity index (χ4n) is 2.58. The van der Waals surface area contributed by atoms with Gasteiger partial charge in [0.2, 0.25) is 5.91 Å². The third kappa shape index (κ3) is 6.69. The molecular weight excluding hydrogens is 447 g/mol. The van der Waals surface area contributed by atoms with Crippen molar-refractivity contribution in [2.24, 2.45) is 4.99 Å². The van der Waals surface area contributed by atoms with Gasteiger partial charge in [0.05, 0.1) is 6.54 Å². The van der Waals surface area contributed by atoms with Crippen molar-refractivity contribution in [1.29, 1.82) is 0 Å². The number of thioether (sulfide) groups is 1. The quantitative estimate of drug-likeness (QED) is 0.335. The molecule has 7 heteroatoms. The summed E-state index contributed by atoms with van der Waals surface area (Å²) in [6.45, 7) is 8.67. The fourth-order valence-corrected chi connectivity index (χ4v) is 2.77. The Morgan fingerprint density at radius 3 is 2.76 bits per heavy atom. The number of hydrogen-bond donors (Lipinski definition) is 3. The summed E-state index contributed by atoms with van der Waals surface area (Å²) in [5, 5.41) is 9.62. The van der Waals surface area contributed by atoms with Crippen LogP contribution in [0.1, 0.15) is 38.7 Å². The number of amides is 1. The largest absolute Gasteiger partial charge is 0.357 e. The van der Waals surface area contributed by atoms with Gasteiger partial charge in [0.15, 0.2) is 5.96 Å². The van der Waals surface area contributed by atoms with Crippen LogP contribution in [-0.2, 0) is 4.79 Å². The number of nitrogens with zero attached hydrogens (tertiary/aromatic N) is 1. The van der Waals surface area contributed by atoms with Crippen molar-refractivity contribution >= 4 is 53.3 Å². The van der Waals surface area contributed by atoms with Gasteiger partial charge in [0, 0.05) is 35.9 Å². The summed E-state index contributed by atoms with van der Waals surface area (Å²) in [6, 6.07) is 8.01. The molecule has 0 saturated heterocycles. The predicted octanol–water partition coefficient (Wildman–Crippen LogP) is 3.43. The van der Waals surface area contributed by atoms with Gasteiger partial charge >= 0.3 is 0 Å². The van der Waals surface area contributed by atoms with Gasteiger partial charge < -0.3 is 16.0 Å². The van der Waals surface area contributed by atoms with Crippen molar-refractivity contribution in [2.75, 3.05) is 31.2 Å². The molecule has 1 aliphatic heterocycles. The molecule has 5 nitrogen and oxygen atoms in total. The number of fused-ring (bicyclic) bond motifs is 1. The topological polar surface area (TPSA) is 65.5 Å². The van der Waals surface area contributed by atoms with E-state index in [0.29, 0.717) is 13.0 Å². The van der Waals surface area contributed by atoms with Crippen LogP contribution >= 0.6 is 35.7 Å². The molecule has 1 atom stereocenters. The molecule has 0 bridgehead atoms. The van der Waals surface area contributed by atoms with E-state index in [1.54, 1.807) is 0 Å². The highest BCUT2D eigenvalue weighted by Gasteiger charge is 2.24. The summed E-state index contributed by atoms with van der Waals surface area (Å²) in [4.78, 5) is 16.6. The van der Waals surface area contributed by atoms with Gasteiger partial charge in [0.25, 0.3) is 0 Å². The Balaban J connectivity index is 0.00000312. The summed E-state index contributed by atoms with van der Waals surface area (Å²) < 4.78 is 0.111. The number of para-hydroxylation sites is 1. The Labute approximate surface area is 172 Å². The Bertz CT molecular complexity index is 606. The van der Waals surface area contributed by atoms with Crippen molar-refractivity contribution in [1.82, 2.24) is 10.6 Å². The number of halogens is 1. The number of carbonyl (C=O) groups excluding carboxylic acids is 1. The molecule has 1 aliphatic rings. The lowest BCUT2D eigenvalue weighted by atomic mass is 9.90. The Morgan fingerprint density at radius 1 is 1.36 bits per heavy atom. The van der Waals surface area contributed by atoms with E-state index in [0.717, 1.165) is 24.7 Å². The SMILES string of the molecule is CCNC(=NCC(C)(C)SC)NCC1CC(=O)Nc2ccccc21.I. The Kier molecular flexibility index (Phi) is 9.06. The van der Waals surface area contributed by atoms with Crippen molar-refractivity contribution in [3.8, 4) is 0 Å². The molecule has 1 aromatic rings. The fraction of sp³-hybridized carbons (Fsp3) is 0.556. The van der Waals surface area contributed by atoms with Gasteiger partial charge in [-0.3, -0.25) is 9.79 Å². The minimum Gasteiger partial charge on any atom is -0.357 e. The van der Waals surface area contributed by atoms with E-state index in [2.05, 4.69) is 54.0 Å². The molecule has 0 spiro atoms. The first-order valence-corrected chi connectivity index (χ1v) is 9.63. The highest BCUT2D eigenvalue weighted by molar-refractivity contribution is 14.0. The molecule has 0 saturated carbocycles. The molecule has 0 aromatic heterocycles. The van der Waals surface area contributed by atoms with E-state index in [4.69, 9.17) is 0 Å². The van der Waals surface area contributed by atoms with Crippen LogP contribution in [0.3, 0.4) is 0 Å². The normalized spacial score (nSPS) is 17.2. The lowest BCUT2D eigenvalue weighted by molar-refractivity contribution is -0.116. The van der Waals surface area contributed by atoms with E-state index in [-0.39, 0.29) is 40.5 Å². The van der Waals surface area contributed by atoms with Gasteiger partial charge in [-0.25, -0.2) is 0 Å². The molecule has 1 aromatic carbocycles. The molecule has 140 valence electrons. The first-order chi connectivity index (χ1) is 11.4. The molecule has 1 heterocycles. The Morgan fingerprint density at radius 2 is 2.08 bits per heavy atom. The van der Waals surface area contributed by atoms with Crippen LogP contribution in [0.2, 0.25) is 0 Å². The van der Waals surface area contributed by atoms with Crippen LogP contribution in [0.25, 0.3) is 0 Å². The summed E-state index contributed by atoms with van der Waals surface area (Å²) in [5.41, 5.74) is 2.11. The zero-order valence-corrected chi connectivity index (χ0v) is 18.5. The van der Waals surface area contributed by atoms with Crippen LogP contribution < -0.4 is 16.0 Å². The van der Waals surface area contributed by atoms with Crippen LogP contribution in [0.4, 0.5) is 5.69 Å². The van der Waals surface area contributed by atoms with Crippen molar-refractivity contribution in [3.63, 3.8) is 0 Å². The monoisotopic (exact) mass is 476 g/mol. The highest BCUT2D eigenvalue weighted by atomic mass is 127. The number of nitrogens with one attached hydrogen (secondary N) is 3. The average Bonchev–Trinajstić information content (AvgIpc) is 2.57. The zero-order chi connectivity index (χ0) is 17.6. The minimum atomic E-state index is 0. The van der Waals surface area contributed by atoms with Crippen LogP contribution in [0.5, 0.6) is 0 Å². The molecule has 2 rings (SSSR count). The summed E-state index contributed by atoms with van der Waals surface area (Å²) in [7, 11) is 0. The third-order valence-electron chi connectivity index (χ3n) is 4.14. The highest BCUT2D eigenvalue weighted by Crippen LogP contribution is 2.31. The van der Waals surface area contributed by atoms with Crippen molar-refractivity contribution in [3.05, 3.63) is 29.8 Å². The second kappa shape index (κ2) is 10.3. The number of anilines is 1. The number of aliphatic imine (C=N–C) groups is 1.